The summed E-state index contributed by atoms with van der Waals surface area (Å²) in [6.45, 7) is 2.95. The number of thioether (sulfide) groups is 1. The van der Waals surface area contributed by atoms with E-state index in [9.17, 15) is 14.4 Å². The Balaban J connectivity index is 1.66. The van der Waals surface area contributed by atoms with Gasteiger partial charge in [0.15, 0.2) is 6.04 Å². The van der Waals surface area contributed by atoms with Crippen LogP contribution in [0.5, 0.6) is 5.75 Å². The predicted molar refractivity (Wildman–Crippen MR) is 107 cm³/mol. The summed E-state index contributed by atoms with van der Waals surface area (Å²) in [6.07, 6.45) is 2.61. The number of carbonyl (C=O) groups excluding carboxylic acids is 3. The molecule has 0 radical (unpaired) electrons. The summed E-state index contributed by atoms with van der Waals surface area (Å²) in [5.41, 5.74) is 0.522. The summed E-state index contributed by atoms with van der Waals surface area (Å²) >= 11 is 1.58. The first-order valence-electron chi connectivity index (χ1n) is 9.63. The number of cyclic esters (lactones) is 1. The van der Waals surface area contributed by atoms with Gasteiger partial charge in [0, 0.05) is 24.0 Å². The highest BCUT2D eigenvalue weighted by atomic mass is 32.2. The molecule has 0 saturated carbocycles. The van der Waals surface area contributed by atoms with Crippen LogP contribution in [-0.4, -0.2) is 79.5 Å². The minimum atomic E-state index is -0.714. The highest BCUT2D eigenvalue weighted by Gasteiger charge is 2.44. The highest BCUT2D eigenvalue weighted by molar-refractivity contribution is 7.98. The molecule has 1 unspecified atom stereocenters. The van der Waals surface area contributed by atoms with Gasteiger partial charge in [0.2, 0.25) is 0 Å². The molecule has 1 atom stereocenters. The second-order valence-corrected chi connectivity index (χ2v) is 7.72. The van der Waals surface area contributed by atoms with Crippen molar-refractivity contribution in [3.8, 4) is 5.75 Å². The van der Waals surface area contributed by atoms with E-state index in [2.05, 4.69) is 0 Å². The van der Waals surface area contributed by atoms with Crippen LogP contribution in [0.2, 0.25) is 0 Å². The van der Waals surface area contributed by atoms with Gasteiger partial charge in [0.05, 0.1) is 19.3 Å². The van der Waals surface area contributed by atoms with E-state index < -0.39 is 18.1 Å². The van der Waals surface area contributed by atoms with Crippen molar-refractivity contribution in [2.45, 2.75) is 36.7 Å². The first-order chi connectivity index (χ1) is 14.0. The number of rotatable bonds is 6. The number of benzene rings is 1. The molecule has 29 heavy (non-hydrogen) atoms. The lowest BCUT2D eigenvalue weighted by Gasteiger charge is -2.37. The molecule has 2 aliphatic heterocycles. The minimum Gasteiger partial charge on any atom is -0.496 e. The van der Waals surface area contributed by atoms with Crippen LogP contribution in [0.4, 0.5) is 4.79 Å². The van der Waals surface area contributed by atoms with E-state index in [0.29, 0.717) is 37.2 Å². The molecule has 158 valence electrons. The van der Waals surface area contributed by atoms with Gasteiger partial charge in [-0.1, -0.05) is 0 Å². The molecule has 1 aromatic rings. The average Bonchev–Trinajstić information content (AvgIpc) is 3.14. The molecule has 0 N–H and O–H groups in total. The maximum absolute atomic E-state index is 13.0. The lowest BCUT2D eigenvalue weighted by molar-refractivity contribution is -0.148. The molecule has 2 heterocycles. The fraction of sp³-hybridized carbons (Fsp3) is 0.550. The molecule has 2 aliphatic rings. The molecule has 2 fully saturated rings. The summed E-state index contributed by atoms with van der Waals surface area (Å²) in [4.78, 5) is 41.6. The molecule has 0 spiro atoms. The van der Waals surface area contributed by atoms with Crippen molar-refractivity contribution in [3.05, 3.63) is 23.8 Å². The Morgan fingerprint density at radius 3 is 2.62 bits per heavy atom. The SMILES string of the molecule is CCOC(=O)C1COC(=O)N1C1CCN(C(=O)c2ccc(SC)cc2OC)CC1. The molecule has 0 bridgehead atoms. The Morgan fingerprint density at radius 1 is 1.28 bits per heavy atom. The van der Waals surface area contributed by atoms with E-state index >= 15 is 0 Å². The van der Waals surface area contributed by atoms with Crippen LogP contribution in [0.1, 0.15) is 30.1 Å². The number of likely N-dealkylation sites (tertiary alicyclic amines) is 1. The van der Waals surface area contributed by atoms with Crippen LogP contribution in [0.25, 0.3) is 0 Å². The molecule has 2 saturated heterocycles. The number of carbonyl (C=O) groups is 3. The lowest BCUT2D eigenvalue weighted by Crippen LogP contribution is -2.52. The van der Waals surface area contributed by atoms with Gasteiger partial charge < -0.3 is 19.1 Å². The number of amides is 2. The van der Waals surface area contributed by atoms with Crippen molar-refractivity contribution in [2.24, 2.45) is 0 Å². The lowest BCUT2D eigenvalue weighted by atomic mass is 10.0. The molecular weight excluding hydrogens is 396 g/mol. The van der Waals surface area contributed by atoms with Crippen molar-refractivity contribution in [1.82, 2.24) is 9.80 Å². The predicted octanol–water partition coefficient (Wildman–Crippen LogP) is 2.41. The van der Waals surface area contributed by atoms with Crippen LogP contribution < -0.4 is 4.74 Å². The van der Waals surface area contributed by atoms with Crippen LogP contribution in [-0.2, 0) is 14.3 Å². The van der Waals surface area contributed by atoms with Crippen molar-refractivity contribution >= 4 is 29.7 Å². The number of hydrogen-bond donors (Lipinski definition) is 0. The van der Waals surface area contributed by atoms with Gasteiger partial charge in [-0.15, -0.1) is 11.8 Å². The van der Waals surface area contributed by atoms with Crippen molar-refractivity contribution in [2.75, 3.05) is 39.7 Å². The minimum absolute atomic E-state index is 0.00972. The number of methoxy groups -OCH3 is 1. The van der Waals surface area contributed by atoms with Crippen LogP contribution in [0.15, 0.2) is 23.1 Å². The normalized spacial score (nSPS) is 19.8. The first kappa shape index (κ1) is 21.3. The van der Waals surface area contributed by atoms with E-state index in [1.165, 1.54) is 4.90 Å². The Kier molecular flexibility index (Phi) is 6.89. The second-order valence-electron chi connectivity index (χ2n) is 6.84. The third-order valence-electron chi connectivity index (χ3n) is 5.25. The topological polar surface area (TPSA) is 85.4 Å². The van der Waals surface area contributed by atoms with Gasteiger partial charge in [0.25, 0.3) is 5.91 Å². The summed E-state index contributed by atoms with van der Waals surface area (Å²) in [7, 11) is 1.55. The smallest absolute Gasteiger partial charge is 0.410 e. The van der Waals surface area contributed by atoms with Gasteiger partial charge in [0.1, 0.15) is 12.4 Å². The Morgan fingerprint density at radius 2 is 2.00 bits per heavy atom. The second kappa shape index (κ2) is 9.39. The van der Waals surface area contributed by atoms with Crippen LogP contribution in [0, 0.1) is 0 Å². The van der Waals surface area contributed by atoms with Crippen LogP contribution in [0.3, 0.4) is 0 Å². The maximum atomic E-state index is 13.0. The summed E-state index contributed by atoms with van der Waals surface area (Å²) in [5, 5.41) is 0. The molecule has 0 aliphatic carbocycles. The fourth-order valence-corrected chi connectivity index (χ4v) is 4.18. The quantitative estimate of drug-likeness (QED) is 0.514. The number of hydrogen-bond acceptors (Lipinski definition) is 7. The molecule has 8 nitrogen and oxygen atoms in total. The third-order valence-corrected chi connectivity index (χ3v) is 5.98. The standard InChI is InChI=1S/C20H26N2O6S/c1-4-27-19(24)16-12-28-20(25)22(16)13-7-9-21(10-8-13)18(23)15-6-5-14(29-3)11-17(15)26-2/h5-6,11,13,16H,4,7-10,12H2,1-3H3. The maximum Gasteiger partial charge on any atom is 0.410 e. The van der Waals surface area contributed by atoms with E-state index in [0.717, 1.165) is 4.90 Å². The van der Waals surface area contributed by atoms with Gasteiger partial charge in [-0.2, -0.15) is 0 Å². The van der Waals surface area contributed by atoms with Gasteiger partial charge in [-0.25, -0.2) is 9.59 Å². The Labute approximate surface area is 174 Å². The van der Waals surface area contributed by atoms with Crippen molar-refractivity contribution < 1.29 is 28.6 Å². The number of ether oxygens (including phenoxy) is 3. The summed E-state index contributed by atoms with van der Waals surface area (Å²) < 4.78 is 15.5. The Hall–Kier alpha value is -2.42. The van der Waals surface area contributed by atoms with Crippen molar-refractivity contribution in [3.63, 3.8) is 0 Å². The zero-order chi connectivity index (χ0) is 21.0. The monoisotopic (exact) mass is 422 g/mol. The molecule has 2 amide bonds. The third kappa shape index (κ3) is 4.44. The zero-order valence-electron chi connectivity index (χ0n) is 16.9. The summed E-state index contributed by atoms with van der Waals surface area (Å²) in [5.74, 6) is 0.00356. The van der Waals surface area contributed by atoms with Gasteiger partial charge >= 0.3 is 12.1 Å². The van der Waals surface area contributed by atoms with Gasteiger partial charge in [-0.3, -0.25) is 9.69 Å². The number of nitrogens with zero attached hydrogens (tertiary/aromatic N) is 2. The molecule has 9 heteroatoms. The highest BCUT2D eigenvalue weighted by Crippen LogP contribution is 2.29. The van der Waals surface area contributed by atoms with Gasteiger partial charge in [-0.05, 0) is 44.2 Å². The number of esters is 1. The van der Waals surface area contributed by atoms with E-state index in [-0.39, 0.29) is 25.2 Å². The van der Waals surface area contributed by atoms with E-state index in [1.807, 2.05) is 18.4 Å². The van der Waals surface area contributed by atoms with Crippen LogP contribution >= 0.6 is 11.8 Å². The average molecular weight is 423 g/mol. The number of piperidine rings is 1. The first-order valence-corrected chi connectivity index (χ1v) is 10.9. The molecule has 0 aromatic heterocycles. The Bertz CT molecular complexity index is 778. The van der Waals surface area contributed by atoms with Crippen molar-refractivity contribution in [1.29, 1.82) is 0 Å². The zero-order valence-corrected chi connectivity index (χ0v) is 17.7. The molecular formula is C20H26N2O6S. The van der Waals surface area contributed by atoms with E-state index in [4.69, 9.17) is 14.2 Å². The summed E-state index contributed by atoms with van der Waals surface area (Å²) in [6, 6.07) is 4.66. The largest absolute Gasteiger partial charge is 0.496 e. The molecule has 3 rings (SSSR count). The van der Waals surface area contributed by atoms with E-state index in [1.54, 1.807) is 36.8 Å². The fourth-order valence-electron chi connectivity index (χ4n) is 3.75. The molecule has 1 aromatic carbocycles.